The van der Waals surface area contributed by atoms with Gasteiger partial charge in [-0.2, -0.15) is 0 Å². The Labute approximate surface area is 145 Å². The SMILES string of the molecule is O=C(Nc1ccc(Br)c([N+](=O)[O-])c1)c1cc(Br)ccc1Br. The average Bonchev–Trinajstić information content (AvgIpc) is 2.43. The second-order valence-corrected chi connectivity index (χ2v) is 6.63. The topological polar surface area (TPSA) is 72.2 Å². The highest BCUT2D eigenvalue weighted by Crippen LogP contribution is 2.29. The molecule has 0 spiro atoms. The van der Waals surface area contributed by atoms with Gasteiger partial charge in [-0.05, 0) is 62.2 Å². The van der Waals surface area contributed by atoms with Crippen LogP contribution in [0.4, 0.5) is 11.4 Å². The van der Waals surface area contributed by atoms with Crippen LogP contribution in [0.25, 0.3) is 0 Å². The maximum Gasteiger partial charge on any atom is 0.285 e. The molecule has 21 heavy (non-hydrogen) atoms. The molecule has 5 nitrogen and oxygen atoms in total. The lowest BCUT2D eigenvalue weighted by Crippen LogP contribution is -2.12. The zero-order valence-corrected chi connectivity index (χ0v) is 15.0. The third kappa shape index (κ3) is 3.90. The molecule has 0 unspecified atom stereocenters. The number of nitro groups is 1. The highest BCUT2D eigenvalue weighted by atomic mass is 79.9. The Kier molecular flexibility index (Phi) is 5.13. The predicted octanol–water partition coefficient (Wildman–Crippen LogP) is 5.13. The summed E-state index contributed by atoms with van der Waals surface area (Å²) in [4.78, 5) is 22.6. The van der Waals surface area contributed by atoms with Gasteiger partial charge >= 0.3 is 0 Å². The van der Waals surface area contributed by atoms with Gasteiger partial charge in [-0.15, -0.1) is 0 Å². The number of carbonyl (C=O) groups is 1. The maximum absolute atomic E-state index is 12.2. The van der Waals surface area contributed by atoms with E-state index in [1.165, 1.54) is 12.1 Å². The summed E-state index contributed by atoms with van der Waals surface area (Å²) in [6.45, 7) is 0. The number of amides is 1. The van der Waals surface area contributed by atoms with E-state index in [4.69, 9.17) is 0 Å². The first kappa shape index (κ1) is 16.1. The Balaban J connectivity index is 2.29. The zero-order valence-electron chi connectivity index (χ0n) is 10.3. The summed E-state index contributed by atoms with van der Waals surface area (Å²) in [6.07, 6.45) is 0. The summed E-state index contributed by atoms with van der Waals surface area (Å²) in [6, 6.07) is 9.60. The van der Waals surface area contributed by atoms with E-state index >= 15 is 0 Å². The van der Waals surface area contributed by atoms with Crippen molar-refractivity contribution in [3.8, 4) is 0 Å². The fourth-order valence-electron chi connectivity index (χ4n) is 1.60. The Morgan fingerprint density at radius 2 is 1.71 bits per heavy atom. The van der Waals surface area contributed by atoms with Gasteiger partial charge in [0.25, 0.3) is 11.6 Å². The molecule has 0 heterocycles. The predicted molar refractivity (Wildman–Crippen MR) is 90.6 cm³/mol. The number of rotatable bonds is 3. The second-order valence-electron chi connectivity index (χ2n) is 4.00. The molecule has 8 heteroatoms. The lowest BCUT2D eigenvalue weighted by Gasteiger charge is -2.08. The molecule has 2 rings (SSSR count). The lowest BCUT2D eigenvalue weighted by molar-refractivity contribution is -0.385. The standard InChI is InChI=1S/C13H7Br3N2O3/c14-7-1-3-10(15)9(5-7)13(19)17-8-2-4-11(16)12(6-8)18(20)21/h1-6H,(H,17,19). The number of hydrogen-bond acceptors (Lipinski definition) is 3. The first-order chi connectivity index (χ1) is 9.88. The molecule has 1 amide bonds. The van der Waals surface area contributed by atoms with Crippen LogP contribution in [-0.2, 0) is 0 Å². The molecule has 0 aliphatic carbocycles. The van der Waals surface area contributed by atoms with Gasteiger partial charge in [0.05, 0.1) is 15.0 Å². The summed E-state index contributed by atoms with van der Waals surface area (Å²) in [5.41, 5.74) is 0.665. The van der Waals surface area contributed by atoms with E-state index < -0.39 is 4.92 Å². The van der Waals surface area contributed by atoms with E-state index in [1.807, 2.05) is 0 Å². The van der Waals surface area contributed by atoms with E-state index in [9.17, 15) is 14.9 Å². The van der Waals surface area contributed by atoms with Gasteiger partial charge < -0.3 is 5.32 Å². The molecule has 0 bridgehead atoms. The van der Waals surface area contributed by atoms with E-state index in [1.54, 1.807) is 24.3 Å². The van der Waals surface area contributed by atoms with E-state index in [2.05, 4.69) is 53.1 Å². The molecule has 0 aliphatic rings. The fourth-order valence-corrected chi connectivity index (χ4v) is 2.78. The van der Waals surface area contributed by atoms with Gasteiger partial charge in [0.1, 0.15) is 0 Å². The van der Waals surface area contributed by atoms with Crippen LogP contribution >= 0.6 is 47.8 Å². The average molecular weight is 479 g/mol. The number of nitrogens with zero attached hydrogens (tertiary/aromatic N) is 1. The first-order valence-electron chi connectivity index (χ1n) is 5.59. The third-order valence-electron chi connectivity index (χ3n) is 2.57. The lowest BCUT2D eigenvalue weighted by atomic mass is 10.2. The van der Waals surface area contributed by atoms with E-state index in [0.717, 1.165) is 4.47 Å². The van der Waals surface area contributed by atoms with Crippen molar-refractivity contribution in [2.45, 2.75) is 0 Å². The Morgan fingerprint density at radius 3 is 2.38 bits per heavy atom. The number of benzene rings is 2. The molecule has 2 aromatic rings. The molecule has 0 atom stereocenters. The molecule has 0 aromatic heterocycles. The molecular weight excluding hydrogens is 472 g/mol. The number of nitro benzene ring substituents is 1. The molecule has 108 valence electrons. The summed E-state index contributed by atoms with van der Waals surface area (Å²) in [5.74, 6) is -0.361. The molecule has 0 saturated carbocycles. The second kappa shape index (κ2) is 6.67. The van der Waals surface area contributed by atoms with Crippen LogP contribution in [-0.4, -0.2) is 10.8 Å². The van der Waals surface area contributed by atoms with Crippen molar-refractivity contribution in [1.82, 2.24) is 0 Å². The largest absolute Gasteiger partial charge is 0.322 e. The van der Waals surface area contributed by atoms with Gasteiger partial charge in [-0.3, -0.25) is 14.9 Å². The number of anilines is 1. The van der Waals surface area contributed by atoms with E-state index in [0.29, 0.717) is 20.2 Å². The third-order valence-corrected chi connectivity index (χ3v) is 4.43. The minimum Gasteiger partial charge on any atom is -0.322 e. The van der Waals surface area contributed by atoms with Gasteiger partial charge in [-0.1, -0.05) is 15.9 Å². The van der Waals surface area contributed by atoms with Crippen molar-refractivity contribution < 1.29 is 9.72 Å². The number of halogens is 3. The summed E-state index contributed by atoms with van der Waals surface area (Å²) >= 11 is 9.69. The normalized spacial score (nSPS) is 10.2. The Bertz CT molecular complexity index is 735. The molecule has 0 radical (unpaired) electrons. The minimum absolute atomic E-state index is 0.110. The van der Waals surface area contributed by atoms with Crippen molar-refractivity contribution in [1.29, 1.82) is 0 Å². The van der Waals surface area contributed by atoms with Crippen molar-refractivity contribution in [3.63, 3.8) is 0 Å². The van der Waals surface area contributed by atoms with Crippen LogP contribution < -0.4 is 5.32 Å². The molecule has 0 saturated heterocycles. The number of hydrogen-bond donors (Lipinski definition) is 1. The monoisotopic (exact) mass is 476 g/mol. The molecule has 2 aromatic carbocycles. The van der Waals surface area contributed by atoms with Crippen molar-refractivity contribution >= 4 is 65.1 Å². The zero-order chi connectivity index (χ0) is 15.6. The van der Waals surface area contributed by atoms with Crippen molar-refractivity contribution in [3.05, 3.63) is 65.5 Å². The van der Waals surface area contributed by atoms with Gasteiger partial charge in [0.2, 0.25) is 0 Å². The summed E-state index contributed by atoms with van der Waals surface area (Å²) in [5, 5.41) is 13.5. The van der Waals surface area contributed by atoms with Crippen LogP contribution in [0.5, 0.6) is 0 Å². The van der Waals surface area contributed by atoms with Crippen molar-refractivity contribution in [2.75, 3.05) is 5.32 Å². The smallest absolute Gasteiger partial charge is 0.285 e. The van der Waals surface area contributed by atoms with E-state index in [-0.39, 0.29) is 11.6 Å². The van der Waals surface area contributed by atoms with Crippen LogP contribution in [0.3, 0.4) is 0 Å². The summed E-state index contributed by atoms with van der Waals surface area (Å²) < 4.78 is 1.75. The molecule has 0 aliphatic heterocycles. The Hall–Kier alpha value is -1.25. The van der Waals surface area contributed by atoms with Crippen molar-refractivity contribution in [2.24, 2.45) is 0 Å². The first-order valence-corrected chi connectivity index (χ1v) is 7.96. The molecule has 1 N–H and O–H groups in total. The Morgan fingerprint density at radius 1 is 1.05 bits per heavy atom. The minimum atomic E-state index is -0.519. The number of carbonyl (C=O) groups excluding carboxylic acids is 1. The van der Waals surface area contributed by atoms with Crippen LogP contribution in [0.2, 0.25) is 0 Å². The van der Waals surface area contributed by atoms with Crippen LogP contribution in [0.15, 0.2) is 49.8 Å². The van der Waals surface area contributed by atoms with Gasteiger partial charge in [-0.25, -0.2) is 0 Å². The molecular formula is C13H7Br3N2O3. The van der Waals surface area contributed by atoms with Gasteiger partial charge in [0.15, 0.2) is 0 Å². The summed E-state index contributed by atoms with van der Waals surface area (Å²) in [7, 11) is 0. The molecule has 0 fully saturated rings. The quantitative estimate of drug-likeness (QED) is 0.490. The maximum atomic E-state index is 12.2. The van der Waals surface area contributed by atoms with Crippen LogP contribution in [0, 0.1) is 10.1 Å². The highest BCUT2D eigenvalue weighted by Gasteiger charge is 2.15. The van der Waals surface area contributed by atoms with Gasteiger partial charge in [0, 0.05) is 20.7 Å². The number of nitrogens with one attached hydrogen (secondary N) is 1. The fraction of sp³-hybridized carbons (Fsp3) is 0. The van der Waals surface area contributed by atoms with Crippen LogP contribution in [0.1, 0.15) is 10.4 Å². The highest BCUT2D eigenvalue weighted by molar-refractivity contribution is 9.11.